The predicted octanol–water partition coefficient (Wildman–Crippen LogP) is 3.96. The van der Waals surface area contributed by atoms with Crippen molar-refractivity contribution in [2.24, 2.45) is 5.92 Å². The normalized spacial score (nSPS) is 18.5. The van der Waals surface area contributed by atoms with Crippen LogP contribution in [0.15, 0.2) is 22.7 Å². The first kappa shape index (κ1) is 13.9. The van der Waals surface area contributed by atoms with E-state index in [1.54, 1.807) is 0 Å². The Balaban J connectivity index is 2.18. The van der Waals surface area contributed by atoms with Crippen molar-refractivity contribution in [3.63, 3.8) is 0 Å². The molecule has 18 heavy (non-hydrogen) atoms. The summed E-state index contributed by atoms with van der Waals surface area (Å²) < 4.78 is 1.19. The molecule has 0 heterocycles. The molecule has 0 bridgehead atoms. The lowest BCUT2D eigenvalue weighted by atomic mass is 10.1. The van der Waals surface area contributed by atoms with E-state index in [0.29, 0.717) is 12.1 Å². The van der Waals surface area contributed by atoms with Crippen LogP contribution in [-0.4, -0.2) is 20.1 Å². The zero-order chi connectivity index (χ0) is 13.3. The Labute approximate surface area is 119 Å². The highest BCUT2D eigenvalue weighted by atomic mass is 79.9. The van der Waals surface area contributed by atoms with Gasteiger partial charge in [-0.15, -0.1) is 0 Å². The van der Waals surface area contributed by atoms with Crippen LogP contribution in [0.3, 0.4) is 0 Å². The number of anilines is 1. The van der Waals surface area contributed by atoms with Crippen molar-refractivity contribution in [3.05, 3.63) is 28.2 Å². The minimum Gasteiger partial charge on any atom is -0.371 e. The number of benzene rings is 1. The number of rotatable bonds is 5. The van der Waals surface area contributed by atoms with Gasteiger partial charge in [-0.2, -0.15) is 0 Å². The zero-order valence-corrected chi connectivity index (χ0v) is 13.3. The van der Waals surface area contributed by atoms with Crippen LogP contribution in [0.5, 0.6) is 0 Å². The molecule has 0 radical (unpaired) electrons. The number of nitrogens with zero attached hydrogens (tertiary/aromatic N) is 1. The van der Waals surface area contributed by atoms with Crippen molar-refractivity contribution < 1.29 is 0 Å². The summed E-state index contributed by atoms with van der Waals surface area (Å²) in [6.45, 7) is 4.51. The Morgan fingerprint density at radius 1 is 1.33 bits per heavy atom. The summed E-state index contributed by atoms with van der Waals surface area (Å²) in [4.78, 5) is 2.40. The van der Waals surface area contributed by atoms with E-state index in [1.807, 2.05) is 7.05 Å². The Bertz CT molecular complexity index is 415. The van der Waals surface area contributed by atoms with E-state index < -0.39 is 0 Å². The molecule has 0 saturated heterocycles. The van der Waals surface area contributed by atoms with Crippen LogP contribution in [0.25, 0.3) is 0 Å². The molecular formula is C15H23BrN2. The molecule has 0 spiro atoms. The molecule has 0 amide bonds. The fourth-order valence-electron chi connectivity index (χ4n) is 2.36. The van der Waals surface area contributed by atoms with Crippen LogP contribution in [0.1, 0.15) is 38.3 Å². The zero-order valence-electron chi connectivity index (χ0n) is 11.7. The summed E-state index contributed by atoms with van der Waals surface area (Å²) in [5.74, 6) is 0.887. The molecule has 0 aliphatic heterocycles. The summed E-state index contributed by atoms with van der Waals surface area (Å²) in [6, 6.07) is 7.70. The maximum absolute atomic E-state index is 3.71. The second kappa shape index (κ2) is 5.62. The predicted molar refractivity (Wildman–Crippen MR) is 82.2 cm³/mol. The lowest BCUT2D eigenvalue weighted by Crippen LogP contribution is -2.30. The Morgan fingerprint density at radius 2 is 2.00 bits per heavy atom. The molecule has 0 aromatic heterocycles. The highest BCUT2D eigenvalue weighted by molar-refractivity contribution is 9.10. The second-order valence-corrected chi connectivity index (χ2v) is 6.26. The van der Waals surface area contributed by atoms with Gasteiger partial charge in [-0.05, 0) is 73.3 Å². The van der Waals surface area contributed by atoms with Crippen LogP contribution < -0.4 is 10.2 Å². The van der Waals surface area contributed by atoms with E-state index in [-0.39, 0.29) is 0 Å². The maximum atomic E-state index is 3.71. The monoisotopic (exact) mass is 310 g/mol. The molecule has 1 fully saturated rings. The van der Waals surface area contributed by atoms with E-state index in [4.69, 9.17) is 0 Å². The van der Waals surface area contributed by atoms with E-state index in [1.165, 1.54) is 28.6 Å². The highest BCUT2D eigenvalue weighted by Crippen LogP contribution is 2.38. The van der Waals surface area contributed by atoms with Crippen molar-refractivity contribution in [3.8, 4) is 0 Å². The van der Waals surface area contributed by atoms with Crippen LogP contribution >= 0.6 is 15.9 Å². The van der Waals surface area contributed by atoms with Crippen LogP contribution in [0, 0.1) is 5.92 Å². The van der Waals surface area contributed by atoms with E-state index in [2.05, 4.69) is 65.2 Å². The van der Waals surface area contributed by atoms with Crippen molar-refractivity contribution in [1.82, 2.24) is 5.32 Å². The number of halogens is 1. The third-order valence-corrected chi connectivity index (χ3v) is 4.84. The van der Waals surface area contributed by atoms with Gasteiger partial charge in [0.15, 0.2) is 0 Å². The topological polar surface area (TPSA) is 15.3 Å². The van der Waals surface area contributed by atoms with E-state index in [0.717, 1.165) is 5.92 Å². The Kier molecular flexibility index (Phi) is 4.33. The molecule has 2 unspecified atom stereocenters. The molecule has 100 valence electrons. The summed E-state index contributed by atoms with van der Waals surface area (Å²) in [6.07, 6.45) is 2.77. The third-order valence-electron chi connectivity index (χ3n) is 4.20. The van der Waals surface area contributed by atoms with Gasteiger partial charge in [-0.25, -0.2) is 0 Å². The first-order valence-corrected chi connectivity index (χ1v) is 7.53. The van der Waals surface area contributed by atoms with Gasteiger partial charge >= 0.3 is 0 Å². The SMILES string of the molecule is CNC(C)c1ccc(N(C)C(C)C2CC2)c(Br)c1. The third kappa shape index (κ3) is 2.89. The standard InChI is InChI=1S/C15H23BrN2/c1-10(17-3)13-7-8-15(14(16)9-13)18(4)11(2)12-5-6-12/h7-12,17H,5-6H2,1-4H3. The maximum Gasteiger partial charge on any atom is 0.0510 e. The van der Waals surface area contributed by atoms with E-state index >= 15 is 0 Å². The molecule has 2 nitrogen and oxygen atoms in total. The summed E-state index contributed by atoms with van der Waals surface area (Å²) >= 11 is 3.71. The molecule has 1 aliphatic rings. The average Bonchev–Trinajstić information content (AvgIpc) is 3.20. The molecule has 1 saturated carbocycles. The van der Waals surface area contributed by atoms with Crippen LogP contribution in [-0.2, 0) is 0 Å². The van der Waals surface area contributed by atoms with Gasteiger partial charge in [0, 0.05) is 23.6 Å². The van der Waals surface area contributed by atoms with Gasteiger partial charge in [-0.3, -0.25) is 0 Å². The van der Waals surface area contributed by atoms with Gasteiger partial charge in [0.2, 0.25) is 0 Å². The highest BCUT2D eigenvalue weighted by Gasteiger charge is 2.31. The largest absolute Gasteiger partial charge is 0.371 e. The fraction of sp³-hybridized carbons (Fsp3) is 0.600. The molecule has 2 atom stereocenters. The first-order chi connectivity index (χ1) is 8.54. The smallest absolute Gasteiger partial charge is 0.0510 e. The number of hydrogen-bond acceptors (Lipinski definition) is 2. The average molecular weight is 311 g/mol. The minimum atomic E-state index is 0.390. The molecular weight excluding hydrogens is 288 g/mol. The lowest BCUT2D eigenvalue weighted by Gasteiger charge is -2.28. The fourth-order valence-corrected chi connectivity index (χ4v) is 3.04. The van der Waals surface area contributed by atoms with Gasteiger partial charge in [0.25, 0.3) is 0 Å². The van der Waals surface area contributed by atoms with Crippen molar-refractivity contribution in [2.45, 2.75) is 38.8 Å². The molecule has 1 N–H and O–H groups in total. The quantitative estimate of drug-likeness (QED) is 0.885. The number of nitrogens with one attached hydrogen (secondary N) is 1. The van der Waals surface area contributed by atoms with E-state index in [9.17, 15) is 0 Å². The Morgan fingerprint density at radius 3 is 2.50 bits per heavy atom. The van der Waals surface area contributed by atoms with Gasteiger partial charge in [0.1, 0.15) is 0 Å². The molecule has 1 aliphatic carbocycles. The van der Waals surface area contributed by atoms with Crippen molar-refractivity contribution in [1.29, 1.82) is 0 Å². The second-order valence-electron chi connectivity index (χ2n) is 5.41. The summed E-state index contributed by atoms with van der Waals surface area (Å²) in [5.41, 5.74) is 2.61. The molecule has 1 aromatic rings. The molecule has 1 aromatic carbocycles. The van der Waals surface area contributed by atoms with Crippen LogP contribution in [0.2, 0.25) is 0 Å². The summed E-state index contributed by atoms with van der Waals surface area (Å²) in [7, 11) is 4.19. The van der Waals surface area contributed by atoms with Gasteiger partial charge in [0.05, 0.1) is 5.69 Å². The van der Waals surface area contributed by atoms with Gasteiger partial charge < -0.3 is 10.2 Å². The first-order valence-electron chi connectivity index (χ1n) is 6.74. The molecule has 2 rings (SSSR count). The van der Waals surface area contributed by atoms with Crippen LogP contribution in [0.4, 0.5) is 5.69 Å². The van der Waals surface area contributed by atoms with Gasteiger partial charge in [-0.1, -0.05) is 6.07 Å². The molecule has 3 heteroatoms. The van der Waals surface area contributed by atoms with Crippen molar-refractivity contribution >= 4 is 21.6 Å². The Hall–Kier alpha value is -0.540. The minimum absolute atomic E-state index is 0.390. The number of hydrogen-bond donors (Lipinski definition) is 1. The lowest BCUT2D eigenvalue weighted by molar-refractivity contribution is 0.607. The summed E-state index contributed by atoms with van der Waals surface area (Å²) in [5, 5.41) is 3.27. The van der Waals surface area contributed by atoms with Crippen molar-refractivity contribution in [2.75, 3.05) is 19.0 Å².